The second-order valence-electron chi connectivity index (χ2n) is 4.40. The maximum atomic E-state index is 12.0. The zero-order chi connectivity index (χ0) is 15.5. The maximum absolute atomic E-state index is 12.0. The molecule has 0 aliphatic rings. The van der Waals surface area contributed by atoms with Crippen LogP contribution in [0.1, 0.15) is 29.0 Å². The van der Waals surface area contributed by atoms with Crippen LogP contribution >= 0.6 is 0 Å². The molecule has 110 valence electrons. The molecule has 0 aliphatic heterocycles. The van der Waals surface area contributed by atoms with Gasteiger partial charge in [-0.05, 0) is 24.6 Å². The molecule has 3 N–H and O–H groups in total. The van der Waals surface area contributed by atoms with Gasteiger partial charge in [0, 0.05) is 12.4 Å². The Morgan fingerprint density at radius 1 is 1.33 bits per heavy atom. The zero-order valence-corrected chi connectivity index (χ0v) is 12.0. The van der Waals surface area contributed by atoms with Gasteiger partial charge in [-0.2, -0.15) is 0 Å². The van der Waals surface area contributed by atoms with E-state index in [1.165, 1.54) is 30.7 Å². The molecule has 0 saturated heterocycles. The summed E-state index contributed by atoms with van der Waals surface area (Å²) in [5.41, 5.74) is 0.811. The van der Waals surface area contributed by atoms with E-state index in [4.69, 9.17) is 5.14 Å². The molecule has 1 aromatic carbocycles. The molecule has 1 atom stereocenters. The highest BCUT2D eigenvalue weighted by atomic mass is 32.2. The number of nitrogens with one attached hydrogen (secondary N) is 1. The van der Waals surface area contributed by atoms with E-state index in [0.717, 1.165) is 0 Å². The van der Waals surface area contributed by atoms with Crippen LogP contribution in [0.3, 0.4) is 0 Å². The fourth-order valence-electron chi connectivity index (χ4n) is 1.73. The fourth-order valence-corrected chi connectivity index (χ4v) is 2.30. The molecule has 0 fully saturated rings. The molecule has 0 saturated carbocycles. The lowest BCUT2D eigenvalue weighted by atomic mass is 10.1. The molecule has 0 spiro atoms. The molecule has 1 aromatic heterocycles. The van der Waals surface area contributed by atoms with Crippen molar-refractivity contribution in [1.29, 1.82) is 0 Å². The van der Waals surface area contributed by atoms with Gasteiger partial charge in [-0.25, -0.2) is 18.5 Å². The van der Waals surface area contributed by atoms with Gasteiger partial charge in [0.2, 0.25) is 10.0 Å². The summed E-state index contributed by atoms with van der Waals surface area (Å²) < 4.78 is 22.6. The third-order valence-electron chi connectivity index (χ3n) is 2.83. The van der Waals surface area contributed by atoms with Crippen LogP contribution in [-0.2, 0) is 10.0 Å². The van der Waals surface area contributed by atoms with Crippen molar-refractivity contribution in [1.82, 2.24) is 15.3 Å². The number of hydrogen-bond donors (Lipinski definition) is 2. The van der Waals surface area contributed by atoms with Crippen molar-refractivity contribution >= 4 is 15.9 Å². The molecule has 1 amide bonds. The minimum Gasteiger partial charge on any atom is -0.344 e. The Morgan fingerprint density at radius 3 is 2.71 bits per heavy atom. The van der Waals surface area contributed by atoms with Gasteiger partial charge in [0.15, 0.2) is 0 Å². The Hall–Kier alpha value is -2.32. The number of primary sulfonamides is 1. The van der Waals surface area contributed by atoms with Gasteiger partial charge in [0.1, 0.15) is 5.69 Å². The van der Waals surface area contributed by atoms with Crippen LogP contribution < -0.4 is 10.5 Å². The van der Waals surface area contributed by atoms with Crippen LogP contribution in [0.2, 0.25) is 0 Å². The first-order chi connectivity index (χ1) is 9.88. The Labute approximate surface area is 122 Å². The molecule has 7 nitrogen and oxygen atoms in total. The van der Waals surface area contributed by atoms with E-state index >= 15 is 0 Å². The second kappa shape index (κ2) is 5.98. The number of aromatic nitrogens is 2. The smallest absolute Gasteiger partial charge is 0.271 e. The van der Waals surface area contributed by atoms with E-state index in [2.05, 4.69) is 15.3 Å². The Balaban J connectivity index is 2.18. The lowest BCUT2D eigenvalue weighted by molar-refractivity contribution is 0.0934. The number of sulfonamides is 1. The summed E-state index contributed by atoms with van der Waals surface area (Å²) in [6.45, 7) is 1.73. The van der Waals surface area contributed by atoms with Crippen molar-refractivity contribution in [3.05, 3.63) is 54.1 Å². The predicted molar refractivity (Wildman–Crippen MR) is 75.7 cm³/mol. The maximum Gasteiger partial charge on any atom is 0.271 e. The SMILES string of the molecule is CC(NC(=O)c1cnccn1)c1cccc(S(N)(=O)=O)c1. The summed E-state index contributed by atoms with van der Waals surface area (Å²) in [6, 6.07) is 5.70. The Bertz CT molecular complexity index is 747. The van der Waals surface area contributed by atoms with Crippen LogP contribution in [0, 0.1) is 0 Å². The Morgan fingerprint density at radius 2 is 2.10 bits per heavy atom. The van der Waals surface area contributed by atoms with Crippen LogP contribution in [0.25, 0.3) is 0 Å². The van der Waals surface area contributed by atoms with E-state index in [9.17, 15) is 13.2 Å². The number of nitrogens with two attached hydrogens (primary N) is 1. The molecule has 0 aliphatic carbocycles. The molecular formula is C13H14N4O3S. The highest BCUT2D eigenvalue weighted by molar-refractivity contribution is 7.89. The van der Waals surface area contributed by atoms with Gasteiger partial charge in [0.05, 0.1) is 17.1 Å². The molecule has 2 rings (SSSR count). The number of carbonyl (C=O) groups is 1. The van der Waals surface area contributed by atoms with Crippen molar-refractivity contribution < 1.29 is 13.2 Å². The largest absolute Gasteiger partial charge is 0.344 e. The minimum absolute atomic E-state index is 0.000557. The number of carbonyl (C=O) groups excluding carboxylic acids is 1. The Kier molecular flexibility index (Phi) is 4.29. The molecule has 1 heterocycles. The van der Waals surface area contributed by atoms with Crippen LogP contribution in [-0.4, -0.2) is 24.3 Å². The van der Waals surface area contributed by atoms with E-state index in [1.54, 1.807) is 19.1 Å². The van der Waals surface area contributed by atoms with Crippen LogP contribution in [0.4, 0.5) is 0 Å². The highest BCUT2D eigenvalue weighted by Crippen LogP contribution is 2.16. The van der Waals surface area contributed by atoms with Gasteiger partial charge in [-0.15, -0.1) is 0 Å². The first kappa shape index (κ1) is 15.1. The van der Waals surface area contributed by atoms with Crippen molar-refractivity contribution in [2.24, 2.45) is 5.14 Å². The molecular weight excluding hydrogens is 292 g/mol. The molecule has 1 unspecified atom stereocenters. The molecule has 0 radical (unpaired) electrons. The standard InChI is InChI=1S/C13H14N4O3S/c1-9(17-13(18)12-8-15-5-6-16-12)10-3-2-4-11(7-10)21(14,19)20/h2-9H,1H3,(H,17,18)(H2,14,19,20). The van der Waals surface area contributed by atoms with E-state index in [0.29, 0.717) is 5.56 Å². The average Bonchev–Trinajstić information content (AvgIpc) is 2.47. The summed E-state index contributed by atoms with van der Waals surface area (Å²) in [4.78, 5) is 19.7. The number of hydrogen-bond acceptors (Lipinski definition) is 5. The lowest BCUT2D eigenvalue weighted by Crippen LogP contribution is -2.27. The summed E-state index contributed by atoms with van der Waals surface area (Å²) >= 11 is 0. The zero-order valence-electron chi connectivity index (χ0n) is 11.2. The summed E-state index contributed by atoms with van der Waals surface area (Å²) in [5.74, 6) is -0.392. The van der Waals surface area contributed by atoms with Gasteiger partial charge in [-0.1, -0.05) is 12.1 Å². The number of benzene rings is 1. The van der Waals surface area contributed by atoms with E-state index < -0.39 is 22.0 Å². The summed E-state index contributed by atoms with van der Waals surface area (Å²) in [5, 5.41) is 7.80. The molecule has 8 heteroatoms. The van der Waals surface area contributed by atoms with E-state index in [-0.39, 0.29) is 10.6 Å². The summed E-state index contributed by atoms with van der Waals surface area (Å²) in [7, 11) is -3.77. The third kappa shape index (κ3) is 3.83. The topological polar surface area (TPSA) is 115 Å². The van der Waals surface area contributed by atoms with Gasteiger partial charge < -0.3 is 5.32 Å². The third-order valence-corrected chi connectivity index (χ3v) is 3.74. The van der Waals surface area contributed by atoms with Gasteiger partial charge in [-0.3, -0.25) is 9.78 Å². The van der Waals surface area contributed by atoms with Crippen molar-refractivity contribution in [3.8, 4) is 0 Å². The molecule has 2 aromatic rings. The number of rotatable bonds is 4. The normalized spacial score (nSPS) is 12.7. The van der Waals surface area contributed by atoms with Crippen molar-refractivity contribution in [2.45, 2.75) is 17.9 Å². The highest BCUT2D eigenvalue weighted by Gasteiger charge is 2.15. The lowest BCUT2D eigenvalue weighted by Gasteiger charge is -2.14. The quantitative estimate of drug-likeness (QED) is 0.859. The average molecular weight is 306 g/mol. The first-order valence-electron chi connectivity index (χ1n) is 6.07. The van der Waals surface area contributed by atoms with Gasteiger partial charge in [0.25, 0.3) is 5.91 Å². The van der Waals surface area contributed by atoms with Crippen LogP contribution in [0.5, 0.6) is 0 Å². The summed E-state index contributed by atoms with van der Waals surface area (Å²) in [6.07, 6.45) is 4.24. The van der Waals surface area contributed by atoms with Crippen LogP contribution in [0.15, 0.2) is 47.8 Å². The van der Waals surface area contributed by atoms with Crippen molar-refractivity contribution in [3.63, 3.8) is 0 Å². The first-order valence-corrected chi connectivity index (χ1v) is 7.62. The molecule has 0 bridgehead atoms. The van der Waals surface area contributed by atoms with E-state index in [1.807, 2.05) is 0 Å². The molecule has 21 heavy (non-hydrogen) atoms. The predicted octanol–water partition coefficient (Wildman–Crippen LogP) is 0.615. The van der Waals surface area contributed by atoms with Gasteiger partial charge >= 0.3 is 0 Å². The van der Waals surface area contributed by atoms with Crippen molar-refractivity contribution in [2.75, 3.05) is 0 Å². The number of amides is 1. The second-order valence-corrected chi connectivity index (χ2v) is 5.96. The number of nitrogens with zero attached hydrogens (tertiary/aromatic N) is 2. The fraction of sp³-hybridized carbons (Fsp3) is 0.154. The monoisotopic (exact) mass is 306 g/mol. The minimum atomic E-state index is -3.77.